The van der Waals surface area contributed by atoms with Crippen LogP contribution in [0.15, 0.2) is 6.33 Å². The lowest BCUT2D eigenvalue weighted by Gasteiger charge is -2.34. The summed E-state index contributed by atoms with van der Waals surface area (Å²) in [4.78, 5) is 11.7. The Morgan fingerprint density at radius 2 is 2.05 bits per heavy atom. The van der Waals surface area contributed by atoms with Gasteiger partial charge in [-0.15, -0.1) is 11.6 Å². The molecule has 3 rings (SSSR count). The van der Waals surface area contributed by atoms with Crippen LogP contribution in [0.3, 0.4) is 0 Å². The molecule has 0 bridgehead atoms. The molecule has 1 aromatic heterocycles. The number of anilines is 1. The first kappa shape index (κ1) is 14.1. The average Bonchev–Trinajstić information content (AvgIpc) is 2.73. The van der Waals surface area contributed by atoms with Crippen molar-refractivity contribution in [3.63, 3.8) is 0 Å². The number of piperidine rings is 1. The molecule has 2 heterocycles. The van der Waals surface area contributed by atoms with Crippen LogP contribution in [0.2, 0.25) is 0 Å². The largest absolute Gasteiger partial charge is 0.356 e. The van der Waals surface area contributed by atoms with Gasteiger partial charge in [-0.25, -0.2) is 9.97 Å². The quantitative estimate of drug-likeness (QED) is 0.630. The highest BCUT2D eigenvalue weighted by molar-refractivity contribution is 6.17. The lowest BCUT2D eigenvalue weighted by atomic mass is 9.95. The fraction of sp³-hybridized carbons (Fsp3) is 0.750. The molecule has 1 atom stereocenters. The predicted molar refractivity (Wildman–Crippen MR) is 83.6 cm³/mol. The van der Waals surface area contributed by atoms with Crippen molar-refractivity contribution in [3.05, 3.63) is 17.6 Å². The van der Waals surface area contributed by atoms with Gasteiger partial charge in [-0.2, -0.15) is 0 Å². The number of rotatable bonds is 3. The minimum atomic E-state index is 0.734. The molecule has 0 radical (unpaired) electrons. The molecule has 3 nitrogen and oxygen atoms in total. The van der Waals surface area contributed by atoms with E-state index >= 15 is 0 Å². The maximum Gasteiger partial charge on any atom is 0.135 e. The van der Waals surface area contributed by atoms with Crippen LogP contribution in [-0.2, 0) is 12.8 Å². The van der Waals surface area contributed by atoms with E-state index in [1.807, 2.05) is 0 Å². The van der Waals surface area contributed by atoms with E-state index in [9.17, 15) is 0 Å². The molecular weight excluding hydrogens is 270 g/mol. The Balaban J connectivity index is 1.82. The molecule has 0 N–H and O–H groups in total. The third-order valence-electron chi connectivity index (χ3n) is 4.69. The van der Waals surface area contributed by atoms with Crippen molar-refractivity contribution in [1.82, 2.24) is 9.97 Å². The lowest BCUT2D eigenvalue weighted by molar-refractivity contribution is 0.404. The number of aryl methyl sites for hydroxylation is 1. The number of alkyl halides is 1. The molecule has 110 valence electrons. The Bertz CT molecular complexity index is 447. The number of hydrogen-bond acceptors (Lipinski definition) is 3. The summed E-state index contributed by atoms with van der Waals surface area (Å²) in [5, 5.41) is 0. The molecule has 2 aliphatic rings. The summed E-state index contributed by atoms with van der Waals surface area (Å²) in [5.41, 5.74) is 2.73. The SMILES string of the molecule is ClCCC1CCCN(c2ncnc3c2CCCCC3)C1. The molecule has 0 saturated carbocycles. The second-order valence-electron chi connectivity index (χ2n) is 6.12. The van der Waals surface area contributed by atoms with E-state index < -0.39 is 0 Å². The maximum absolute atomic E-state index is 5.92. The van der Waals surface area contributed by atoms with E-state index in [4.69, 9.17) is 11.6 Å². The van der Waals surface area contributed by atoms with Crippen LogP contribution in [0.5, 0.6) is 0 Å². The zero-order valence-corrected chi connectivity index (χ0v) is 12.9. The molecule has 20 heavy (non-hydrogen) atoms. The molecule has 1 aliphatic carbocycles. The Hall–Kier alpha value is -0.830. The van der Waals surface area contributed by atoms with Gasteiger partial charge in [-0.1, -0.05) is 6.42 Å². The van der Waals surface area contributed by atoms with Crippen LogP contribution < -0.4 is 4.90 Å². The van der Waals surface area contributed by atoms with E-state index in [0.717, 1.165) is 44.1 Å². The fourth-order valence-electron chi connectivity index (χ4n) is 3.60. The van der Waals surface area contributed by atoms with E-state index in [1.165, 1.54) is 49.2 Å². The van der Waals surface area contributed by atoms with Gasteiger partial charge in [-0.05, 0) is 50.9 Å². The highest BCUT2D eigenvalue weighted by Crippen LogP contribution is 2.30. The standard InChI is InChI=1S/C16H24ClN3/c17-9-8-13-5-4-10-20(11-13)16-14-6-2-1-3-7-15(14)18-12-19-16/h12-13H,1-11H2. The van der Waals surface area contributed by atoms with Gasteiger partial charge in [0.2, 0.25) is 0 Å². The summed E-state index contributed by atoms with van der Waals surface area (Å²) in [6.07, 6.45) is 11.6. The van der Waals surface area contributed by atoms with Gasteiger partial charge in [0.25, 0.3) is 0 Å². The first-order valence-electron chi connectivity index (χ1n) is 8.02. The molecule has 0 amide bonds. The molecule has 4 heteroatoms. The molecule has 1 unspecified atom stereocenters. The van der Waals surface area contributed by atoms with Gasteiger partial charge in [0, 0.05) is 30.2 Å². The van der Waals surface area contributed by atoms with Crippen LogP contribution in [0.4, 0.5) is 5.82 Å². The molecule has 1 fully saturated rings. The van der Waals surface area contributed by atoms with Gasteiger partial charge in [0.15, 0.2) is 0 Å². The third kappa shape index (κ3) is 3.08. The minimum Gasteiger partial charge on any atom is -0.356 e. The predicted octanol–water partition coefficient (Wildman–Crippen LogP) is 3.59. The van der Waals surface area contributed by atoms with Crippen molar-refractivity contribution < 1.29 is 0 Å². The van der Waals surface area contributed by atoms with Gasteiger partial charge in [0.05, 0.1) is 0 Å². The first-order chi connectivity index (χ1) is 9.88. The van der Waals surface area contributed by atoms with Crippen LogP contribution in [0, 0.1) is 5.92 Å². The highest BCUT2D eigenvalue weighted by Gasteiger charge is 2.24. The van der Waals surface area contributed by atoms with Crippen LogP contribution in [0.1, 0.15) is 49.8 Å². The highest BCUT2D eigenvalue weighted by atomic mass is 35.5. The second-order valence-corrected chi connectivity index (χ2v) is 6.49. The maximum atomic E-state index is 5.92. The topological polar surface area (TPSA) is 29.0 Å². The Labute approximate surface area is 126 Å². The van der Waals surface area contributed by atoms with Crippen molar-refractivity contribution in [2.75, 3.05) is 23.9 Å². The Kier molecular flexibility index (Phi) is 4.77. The number of aromatic nitrogens is 2. The zero-order chi connectivity index (χ0) is 13.8. The summed E-state index contributed by atoms with van der Waals surface area (Å²) < 4.78 is 0. The van der Waals surface area contributed by atoms with Crippen LogP contribution in [0.25, 0.3) is 0 Å². The van der Waals surface area contributed by atoms with E-state index in [0.29, 0.717) is 0 Å². The number of halogens is 1. The monoisotopic (exact) mass is 293 g/mol. The summed E-state index contributed by atoms with van der Waals surface area (Å²) in [5.74, 6) is 2.73. The summed E-state index contributed by atoms with van der Waals surface area (Å²) in [6.45, 7) is 2.26. The lowest BCUT2D eigenvalue weighted by Crippen LogP contribution is -2.37. The molecular formula is C16H24ClN3. The minimum absolute atomic E-state index is 0.734. The summed E-state index contributed by atoms with van der Waals surface area (Å²) in [7, 11) is 0. The number of nitrogens with zero attached hydrogens (tertiary/aromatic N) is 3. The van der Waals surface area contributed by atoms with Crippen molar-refractivity contribution in [2.24, 2.45) is 5.92 Å². The van der Waals surface area contributed by atoms with E-state index in [-0.39, 0.29) is 0 Å². The smallest absolute Gasteiger partial charge is 0.135 e. The zero-order valence-electron chi connectivity index (χ0n) is 12.2. The fourth-order valence-corrected chi connectivity index (χ4v) is 3.91. The molecule has 1 aromatic rings. The molecule has 0 spiro atoms. The van der Waals surface area contributed by atoms with Crippen LogP contribution >= 0.6 is 11.6 Å². The average molecular weight is 294 g/mol. The molecule has 1 saturated heterocycles. The second kappa shape index (κ2) is 6.75. The number of fused-ring (bicyclic) bond motifs is 1. The van der Waals surface area contributed by atoms with E-state index in [2.05, 4.69) is 14.9 Å². The first-order valence-corrected chi connectivity index (χ1v) is 8.55. The number of hydrogen-bond donors (Lipinski definition) is 0. The third-order valence-corrected chi connectivity index (χ3v) is 4.91. The summed E-state index contributed by atoms with van der Waals surface area (Å²) >= 11 is 5.92. The Morgan fingerprint density at radius 3 is 2.95 bits per heavy atom. The van der Waals surface area contributed by atoms with E-state index in [1.54, 1.807) is 6.33 Å². The molecule has 0 aromatic carbocycles. The van der Waals surface area contributed by atoms with Crippen molar-refractivity contribution in [3.8, 4) is 0 Å². The van der Waals surface area contributed by atoms with Gasteiger partial charge < -0.3 is 4.90 Å². The van der Waals surface area contributed by atoms with Gasteiger partial charge in [-0.3, -0.25) is 0 Å². The normalized spacial score (nSPS) is 23.2. The van der Waals surface area contributed by atoms with Crippen molar-refractivity contribution in [2.45, 2.75) is 51.4 Å². The van der Waals surface area contributed by atoms with Gasteiger partial charge >= 0.3 is 0 Å². The Morgan fingerprint density at radius 1 is 1.15 bits per heavy atom. The van der Waals surface area contributed by atoms with Gasteiger partial charge in [0.1, 0.15) is 12.1 Å². The van der Waals surface area contributed by atoms with Crippen LogP contribution in [-0.4, -0.2) is 28.9 Å². The van der Waals surface area contributed by atoms with Crippen molar-refractivity contribution >= 4 is 17.4 Å². The molecule has 1 aliphatic heterocycles. The summed E-state index contributed by atoms with van der Waals surface area (Å²) in [6, 6.07) is 0. The van der Waals surface area contributed by atoms with Crippen molar-refractivity contribution in [1.29, 1.82) is 0 Å².